The Kier molecular flexibility index (Phi) is 5.40. The summed E-state index contributed by atoms with van der Waals surface area (Å²) in [5.41, 5.74) is 6.11. The van der Waals surface area contributed by atoms with Gasteiger partial charge in [0.1, 0.15) is 0 Å². The van der Waals surface area contributed by atoms with Crippen LogP contribution in [0, 0.1) is 5.92 Å². The zero-order chi connectivity index (χ0) is 12.9. The average molecular weight is 241 g/mol. The van der Waals surface area contributed by atoms with Gasteiger partial charge in [0.2, 0.25) is 5.91 Å². The van der Waals surface area contributed by atoms with Crippen LogP contribution in [0.25, 0.3) is 0 Å². The van der Waals surface area contributed by atoms with Crippen LogP contribution in [-0.4, -0.2) is 43.5 Å². The molecule has 100 valence electrons. The van der Waals surface area contributed by atoms with Gasteiger partial charge >= 0.3 is 0 Å². The Morgan fingerprint density at radius 2 is 2.06 bits per heavy atom. The highest BCUT2D eigenvalue weighted by molar-refractivity contribution is 5.75. The molecule has 0 aromatic rings. The summed E-state index contributed by atoms with van der Waals surface area (Å²) in [6.45, 7) is 3.81. The number of carbonyl (C=O) groups excluding carboxylic acids is 1. The molecule has 0 unspecified atom stereocenters. The van der Waals surface area contributed by atoms with Gasteiger partial charge in [-0.2, -0.15) is 0 Å². The molecule has 4 nitrogen and oxygen atoms in total. The van der Waals surface area contributed by atoms with E-state index in [9.17, 15) is 4.79 Å². The third-order valence-corrected chi connectivity index (χ3v) is 4.35. The summed E-state index contributed by atoms with van der Waals surface area (Å²) in [6, 6.07) is 0. The summed E-state index contributed by atoms with van der Waals surface area (Å²) in [5, 5.41) is 2.66. The lowest BCUT2D eigenvalue weighted by Gasteiger charge is -2.45. The molecule has 0 aromatic carbocycles. The predicted molar refractivity (Wildman–Crippen MR) is 70.7 cm³/mol. The normalized spacial score (nSPS) is 29.4. The molecule has 1 amide bonds. The van der Waals surface area contributed by atoms with Crippen molar-refractivity contribution in [1.29, 1.82) is 0 Å². The fourth-order valence-corrected chi connectivity index (χ4v) is 2.67. The van der Waals surface area contributed by atoms with E-state index in [2.05, 4.69) is 24.2 Å². The highest BCUT2D eigenvalue weighted by Gasteiger charge is 2.36. The number of likely N-dealkylation sites (N-methyl/N-ethyl adjacent to an activating group) is 1. The van der Waals surface area contributed by atoms with E-state index in [0.29, 0.717) is 13.0 Å². The van der Waals surface area contributed by atoms with Crippen molar-refractivity contribution in [1.82, 2.24) is 10.2 Å². The molecule has 1 saturated carbocycles. The SMILES string of the molecule is CNC(=O)CCN(C)C1(CN)CCC(C)CC1. The van der Waals surface area contributed by atoms with Gasteiger partial charge in [0.15, 0.2) is 0 Å². The molecule has 0 radical (unpaired) electrons. The number of rotatable bonds is 5. The standard InChI is InChI=1S/C13H27N3O/c1-11-4-7-13(10-14,8-5-11)16(3)9-6-12(17)15-2/h11H,4-10,14H2,1-3H3,(H,15,17). The molecule has 0 heterocycles. The molecular weight excluding hydrogens is 214 g/mol. The van der Waals surface area contributed by atoms with Gasteiger partial charge in [0, 0.05) is 32.1 Å². The number of carbonyl (C=O) groups is 1. The Hall–Kier alpha value is -0.610. The molecule has 1 fully saturated rings. The fraction of sp³-hybridized carbons (Fsp3) is 0.923. The van der Waals surface area contributed by atoms with Crippen molar-refractivity contribution in [3.8, 4) is 0 Å². The summed E-state index contributed by atoms with van der Waals surface area (Å²) < 4.78 is 0. The Bertz CT molecular complexity index is 247. The smallest absolute Gasteiger partial charge is 0.221 e. The molecule has 1 rings (SSSR count). The number of nitrogens with one attached hydrogen (secondary N) is 1. The number of hydrogen-bond acceptors (Lipinski definition) is 3. The van der Waals surface area contributed by atoms with Gasteiger partial charge < -0.3 is 11.1 Å². The van der Waals surface area contributed by atoms with Gasteiger partial charge in [0.05, 0.1) is 0 Å². The second-order valence-corrected chi connectivity index (χ2v) is 5.46. The predicted octanol–water partition coefficient (Wildman–Crippen LogP) is 0.962. The first-order valence-corrected chi connectivity index (χ1v) is 6.66. The van der Waals surface area contributed by atoms with E-state index in [1.54, 1.807) is 7.05 Å². The van der Waals surface area contributed by atoms with Gasteiger partial charge in [-0.25, -0.2) is 0 Å². The molecule has 4 heteroatoms. The zero-order valence-corrected chi connectivity index (χ0v) is 11.5. The van der Waals surface area contributed by atoms with Crippen LogP contribution in [-0.2, 0) is 4.79 Å². The van der Waals surface area contributed by atoms with Crippen LogP contribution in [0.5, 0.6) is 0 Å². The van der Waals surface area contributed by atoms with Gasteiger partial charge in [-0.05, 0) is 38.6 Å². The summed E-state index contributed by atoms with van der Waals surface area (Å²) in [7, 11) is 3.79. The Morgan fingerprint density at radius 3 is 2.53 bits per heavy atom. The van der Waals surface area contributed by atoms with E-state index in [0.717, 1.165) is 25.3 Å². The van der Waals surface area contributed by atoms with Gasteiger partial charge in [-0.15, -0.1) is 0 Å². The molecule has 1 aliphatic carbocycles. The van der Waals surface area contributed by atoms with Crippen LogP contribution in [0.3, 0.4) is 0 Å². The maximum absolute atomic E-state index is 11.3. The number of nitrogens with zero attached hydrogens (tertiary/aromatic N) is 1. The lowest BCUT2D eigenvalue weighted by molar-refractivity contribution is -0.121. The van der Waals surface area contributed by atoms with E-state index in [1.165, 1.54) is 12.8 Å². The van der Waals surface area contributed by atoms with E-state index in [4.69, 9.17) is 5.73 Å². The maximum Gasteiger partial charge on any atom is 0.221 e. The van der Waals surface area contributed by atoms with Crippen LogP contribution in [0.15, 0.2) is 0 Å². The minimum Gasteiger partial charge on any atom is -0.359 e. The second-order valence-electron chi connectivity index (χ2n) is 5.46. The van der Waals surface area contributed by atoms with Crippen molar-refractivity contribution in [2.45, 2.75) is 44.6 Å². The quantitative estimate of drug-likeness (QED) is 0.754. The van der Waals surface area contributed by atoms with Crippen molar-refractivity contribution < 1.29 is 4.79 Å². The zero-order valence-electron chi connectivity index (χ0n) is 11.5. The molecule has 3 N–H and O–H groups in total. The van der Waals surface area contributed by atoms with E-state index in [1.807, 2.05) is 0 Å². The van der Waals surface area contributed by atoms with E-state index >= 15 is 0 Å². The molecule has 0 saturated heterocycles. The molecule has 0 aromatic heterocycles. The van der Waals surface area contributed by atoms with Crippen molar-refractivity contribution in [2.75, 3.05) is 27.2 Å². The van der Waals surface area contributed by atoms with Crippen LogP contribution in [0.1, 0.15) is 39.0 Å². The lowest BCUT2D eigenvalue weighted by atomic mass is 9.76. The number of amides is 1. The van der Waals surface area contributed by atoms with Crippen LogP contribution in [0.2, 0.25) is 0 Å². The first-order valence-electron chi connectivity index (χ1n) is 6.66. The van der Waals surface area contributed by atoms with Gasteiger partial charge in [-0.1, -0.05) is 6.92 Å². The van der Waals surface area contributed by atoms with Gasteiger partial charge in [-0.3, -0.25) is 9.69 Å². The van der Waals surface area contributed by atoms with Crippen molar-refractivity contribution in [2.24, 2.45) is 11.7 Å². The molecular formula is C13H27N3O. The Morgan fingerprint density at radius 1 is 1.47 bits per heavy atom. The fourth-order valence-electron chi connectivity index (χ4n) is 2.67. The summed E-state index contributed by atoms with van der Waals surface area (Å²) in [6.07, 6.45) is 5.39. The largest absolute Gasteiger partial charge is 0.359 e. The highest BCUT2D eigenvalue weighted by Crippen LogP contribution is 2.35. The first-order chi connectivity index (χ1) is 8.04. The molecule has 0 aliphatic heterocycles. The Labute approximate surface area is 105 Å². The monoisotopic (exact) mass is 241 g/mol. The molecule has 0 bridgehead atoms. The highest BCUT2D eigenvalue weighted by atomic mass is 16.1. The summed E-state index contributed by atoms with van der Waals surface area (Å²) in [5.74, 6) is 0.926. The molecule has 0 spiro atoms. The molecule has 0 atom stereocenters. The molecule has 1 aliphatic rings. The third-order valence-electron chi connectivity index (χ3n) is 4.35. The third kappa shape index (κ3) is 3.68. The summed E-state index contributed by atoms with van der Waals surface area (Å²) >= 11 is 0. The summed E-state index contributed by atoms with van der Waals surface area (Å²) in [4.78, 5) is 13.6. The van der Waals surface area contributed by atoms with Crippen molar-refractivity contribution in [3.05, 3.63) is 0 Å². The van der Waals surface area contributed by atoms with Crippen molar-refractivity contribution in [3.63, 3.8) is 0 Å². The number of nitrogens with two attached hydrogens (primary N) is 1. The van der Waals surface area contributed by atoms with Crippen LogP contribution >= 0.6 is 0 Å². The number of hydrogen-bond donors (Lipinski definition) is 2. The maximum atomic E-state index is 11.3. The molecule has 17 heavy (non-hydrogen) atoms. The van der Waals surface area contributed by atoms with E-state index in [-0.39, 0.29) is 11.4 Å². The average Bonchev–Trinajstić information content (AvgIpc) is 2.36. The van der Waals surface area contributed by atoms with Crippen molar-refractivity contribution >= 4 is 5.91 Å². The lowest BCUT2D eigenvalue weighted by Crippen LogP contribution is -2.54. The van der Waals surface area contributed by atoms with Crippen LogP contribution in [0.4, 0.5) is 0 Å². The van der Waals surface area contributed by atoms with E-state index < -0.39 is 0 Å². The minimum atomic E-state index is 0.105. The Balaban J connectivity index is 2.51. The first kappa shape index (κ1) is 14.5. The minimum absolute atomic E-state index is 0.105. The second kappa shape index (κ2) is 6.36. The van der Waals surface area contributed by atoms with Crippen LogP contribution < -0.4 is 11.1 Å². The van der Waals surface area contributed by atoms with Gasteiger partial charge in [0.25, 0.3) is 0 Å². The topological polar surface area (TPSA) is 58.4 Å².